The second-order valence-corrected chi connectivity index (χ2v) is 5.18. The number of benzene rings is 2. The Balaban J connectivity index is 2.11. The summed E-state index contributed by atoms with van der Waals surface area (Å²) in [4.78, 5) is 15.6. The number of carbonyl (C=O) groups excluding carboxylic acids is 1. The molecule has 0 bridgehead atoms. The van der Waals surface area contributed by atoms with Crippen molar-refractivity contribution in [1.29, 1.82) is 5.26 Å². The first-order valence-corrected chi connectivity index (χ1v) is 6.86. The van der Waals surface area contributed by atoms with Gasteiger partial charge in [-0.05, 0) is 6.42 Å². The second-order valence-electron chi connectivity index (χ2n) is 5.18. The highest BCUT2D eigenvalue weighted by molar-refractivity contribution is 6.13. The zero-order chi connectivity index (χ0) is 14.7. The SMILES string of the molecule is N#C[C@]1(N=C(c2ccccc2)c2ccccc2)C[C@@H]1C=O. The van der Waals surface area contributed by atoms with Gasteiger partial charge in [-0.1, -0.05) is 60.7 Å². The number of aliphatic imine (C=N–C) groups is 1. The van der Waals surface area contributed by atoms with Gasteiger partial charge in [0.2, 0.25) is 0 Å². The van der Waals surface area contributed by atoms with E-state index >= 15 is 0 Å². The first kappa shape index (κ1) is 13.3. The maximum absolute atomic E-state index is 11.0. The number of rotatable bonds is 4. The fraction of sp³-hybridized carbons (Fsp3) is 0.167. The van der Waals surface area contributed by atoms with Gasteiger partial charge in [0, 0.05) is 11.1 Å². The highest BCUT2D eigenvalue weighted by Gasteiger charge is 2.55. The number of hydrogen-bond acceptors (Lipinski definition) is 3. The van der Waals surface area contributed by atoms with Crippen LogP contribution in [0.15, 0.2) is 65.7 Å². The summed E-state index contributed by atoms with van der Waals surface area (Å²) in [5, 5.41) is 9.38. The Morgan fingerprint density at radius 3 is 2.00 bits per heavy atom. The summed E-state index contributed by atoms with van der Waals surface area (Å²) in [5.41, 5.74) is 1.79. The van der Waals surface area contributed by atoms with Crippen LogP contribution < -0.4 is 0 Å². The van der Waals surface area contributed by atoms with Gasteiger partial charge >= 0.3 is 0 Å². The van der Waals surface area contributed by atoms with E-state index in [2.05, 4.69) is 11.1 Å². The molecular formula is C18H14N2O. The van der Waals surface area contributed by atoms with E-state index in [9.17, 15) is 10.1 Å². The second kappa shape index (κ2) is 5.34. The molecule has 0 amide bonds. The first-order valence-electron chi connectivity index (χ1n) is 6.86. The largest absolute Gasteiger partial charge is 0.303 e. The molecule has 21 heavy (non-hydrogen) atoms. The Morgan fingerprint density at radius 2 is 1.62 bits per heavy atom. The van der Waals surface area contributed by atoms with Crippen LogP contribution in [0.2, 0.25) is 0 Å². The molecule has 2 atom stereocenters. The predicted molar refractivity (Wildman–Crippen MR) is 81.0 cm³/mol. The Morgan fingerprint density at radius 1 is 1.10 bits per heavy atom. The lowest BCUT2D eigenvalue weighted by atomic mass is 10.0. The van der Waals surface area contributed by atoms with E-state index in [0.717, 1.165) is 23.1 Å². The molecule has 102 valence electrons. The zero-order valence-electron chi connectivity index (χ0n) is 11.4. The minimum Gasteiger partial charge on any atom is -0.303 e. The summed E-state index contributed by atoms with van der Waals surface area (Å²) in [6, 6.07) is 21.7. The van der Waals surface area contributed by atoms with E-state index in [4.69, 9.17) is 0 Å². The molecule has 2 aromatic rings. The van der Waals surface area contributed by atoms with Crippen LogP contribution in [0.25, 0.3) is 0 Å². The molecule has 0 aromatic heterocycles. The standard InChI is InChI=1S/C18H14N2O/c19-13-18(11-16(18)12-21)20-17(14-7-3-1-4-8-14)15-9-5-2-6-10-15/h1-10,12,16H,11H2/t16-,18-/m1/s1. The molecule has 0 aliphatic heterocycles. The molecule has 1 fully saturated rings. The molecule has 1 saturated carbocycles. The average Bonchev–Trinajstić information content (AvgIpc) is 3.28. The average molecular weight is 274 g/mol. The maximum Gasteiger partial charge on any atom is 0.157 e. The van der Waals surface area contributed by atoms with Gasteiger partial charge < -0.3 is 4.79 Å². The molecule has 1 aliphatic carbocycles. The van der Waals surface area contributed by atoms with Crippen molar-refractivity contribution >= 4 is 12.0 Å². The van der Waals surface area contributed by atoms with Crippen LogP contribution in [0.5, 0.6) is 0 Å². The van der Waals surface area contributed by atoms with Crippen LogP contribution in [0, 0.1) is 17.2 Å². The molecule has 0 saturated heterocycles. The molecular weight excluding hydrogens is 260 g/mol. The molecule has 0 heterocycles. The minimum atomic E-state index is -0.886. The van der Waals surface area contributed by atoms with Crippen LogP contribution in [-0.4, -0.2) is 17.5 Å². The summed E-state index contributed by atoms with van der Waals surface area (Å²) in [6.07, 6.45) is 1.34. The molecule has 0 spiro atoms. The Hall–Kier alpha value is -2.73. The highest BCUT2D eigenvalue weighted by atomic mass is 16.1. The number of hydrogen-bond donors (Lipinski definition) is 0. The lowest BCUT2D eigenvalue weighted by molar-refractivity contribution is -0.109. The van der Waals surface area contributed by atoms with Crippen LogP contribution in [0.3, 0.4) is 0 Å². The zero-order valence-corrected chi connectivity index (χ0v) is 11.4. The molecule has 0 unspecified atom stereocenters. The molecule has 2 aromatic carbocycles. The van der Waals surface area contributed by atoms with E-state index in [0.29, 0.717) is 6.42 Å². The summed E-state index contributed by atoms with van der Waals surface area (Å²) < 4.78 is 0. The summed E-state index contributed by atoms with van der Waals surface area (Å²) in [5.74, 6) is -0.287. The van der Waals surface area contributed by atoms with Crippen LogP contribution >= 0.6 is 0 Å². The molecule has 3 heteroatoms. The predicted octanol–water partition coefficient (Wildman–Crippen LogP) is 3.01. The van der Waals surface area contributed by atoms with Gasteiger partial charge in [-0.2, -0.15) is 5.26 Å². The molecule has 3 rings (SSSR count). The number of nitrogens with zero attached hydrogens (tertiary/aromatic N) is 2. The van der Waals surface area contributed by atoms with Gasteiger partial charge in [0.25, 0.3) is 0 Å². The van der Waals surface area contributed by atoms with Crippen molar-refractivity contribution in [2.24, 2.45) is 10.9 Å². The van der Waals surface area contributed by atoms with Crippen LogP contribution in [-0.2, 0) is 4.79 Å². The van der Waals surface area contributed by atoms with Crippen molar-refractivity contribution in [1.82, 2.24) is 0 Å². The number of aldehydes is 1. The van der Waals surface area contributed by atoms with Gasteiger partial charge in [-0.25, -0.2) is 0 Å². The first-order chi connectivity index (χ1) is 10.3. The van der Waals surface area contributed by atoms with Crippen molar-refractivity contribution < 1.29 is 4.79 Å². The van der Waals surface area contributed by atoms with E-state index in [1.165, 1.54) is 0 Å². The highest BCUT2D eigenvalue weighted by Crippen LogP contribution is 2.45. The number of carbonyl (C=O) groups is 1. The fourth-order valence-corrected chi connectivity index (χ4v) is 2.41. The van der Waals surface area contributed by atoms with Crippen molar-refractivity contribution in [3.05, 3.63) is 71.8 Å². The van der Waals surface area contributed by atoms with Gasteiger partial charge in [0.15, 0.2) is 5.54 Å². The van der Waals surface area contributed by atoms with Crippen molar-refractivity contribution in [3.63, 3.8) is 0 Å². The van der Waals surface area contributed by atoms with E-state index in [-0.39, 0.29) is 5.92 Å². The van der Waals surface area contributed by atoms with Crippen molar-refractivity contribution in [2.75, 3.05) is 0 Å². The van der Waals surface area contributed by atoms with Crippen molar-refractivity contribution in [2.45, 2.75) is 12.0 Å². The number of nitriles is 1. The van der Waals surface area contributed by atoms with Crippen LogP contribution in [0.4, 0.5) is 0 Å². The monoisotopic (exact) mass is 274 g/mol. The Bertz CT molecular complexity index is 674. The van der Waals surface area contributed by atoms with Crippen LogP contribution in [0.1, 0.15) is 17.5 Å². The van der Waals surface area contributed by atoms with E-state index in [1.807, 2.05) is 60.7 Å². The summed E-state index contributed by atoms with van der Waals surface area (Å²) >= 11 is 0. The molecule has 0 radical (unpaired) electrons. The maximum atomic E-state index is 11.0. The molecule has 1 aliphatic rings. The minimum absolute atomic E-state index is 0.287. The quantitative estimate of drug-likeness (QED) is 0.635. The van der Waals surface area contributed by atoms with Gasteiger partial charge in [0.05, 0.1) is 17.7 Å². The van der Waals surface area contributed by atoms with E-state index < -0.39 is 5.54 Å². The molecule has 0 N–H and O–H groups in total. The van der Waals surface area contributed by atoms with Gasteiger partial charge in [0.1, 0.15) is 6.29 Å². The van der Waals surface area contributed by atoms with Gasteiger partial charge in [-0.3, -0.25) is 4.99 Å². The molecule has 3 nitrogen and oxygen atoms in total. The Labute approximate surface area is 123 Å². The van der Waals surface area contributed by atoms with Crippen molar-refractivity contribution in [3.8, 4) is 6.07 Å². The normalized spacial score (nSPS) is 22.9. The van der Waals surface area contributed by atoms with Gasteiger partial charge in [-0.15, -0.1) is 0 Å². The van der Waals surface area contributed by atoms with E-state index in [1.54, 1.807) is 0 Å². The third kappa shape index (κ3) is 2.48. The smallest absolute Gasteiger partial charge is 0.157 e. The summed E-state index contributed by atoms with van der Waals surface area (Å²) in [7, 11) is 0. The fourth-order valence-electron chi connectivity index (χ4n) is 2.41. The third-order valence-corrected chi connectivity index (χ3v) is 3.75. The summed E-state index contributed by atoms with van der Waals surface area (Å²) in [6.45, 7) is 0. The Kier molecular flexibility index (Phi) is 3.37. The third-order valence-electron chi connectivity index (χ3n) is 3.75. The lowest BCUT2D eigenvalue weighted by Crippen LogP contribution is -2.13. The lowest BCUT2D eigenvalue weighted by Gasteiger charge is -2.10. The topological polar surface area (TPSA) is 53.2 Å².